The number of alkyl halides is 1. The Bertz CT molecular complexity index is 2340. The van der Waals surface area contributed by atoms with Gasteiger partial charge in [0.05, 0.1) is 16.8 Å². The van der Waals surface area contributed by atoms with Gasteiger partial charge in [0.25, 0.3) is 11.8 Å². The highest BCUT2D eigenvalue weighted by Crippen LogP contribution is 2.40. The van der Waals surface area contributed by atoms with Crippen LogP contribution in [0.15, 0.2) is 91.0 Å². The Morgan fingerprint density at radius 1 is 0.820 bits per heavy atom. The Morgan fingerprint density at radius 3 is 2.13 bits per heavy atom. The van der Waals surface area contributed by atoms with E-state index in [0.717, 1.165) is 90.0 Å². The molecule has 3 unspecified atom stereocenters. The fraction of sp³-hybridized carbons (Fsp3) is 0.375. The second-order valence-corrected chi connectivity index (χ2v) is 17.2. The number of hydrogen-bond acceptors (Lipinski definition) is 9. The first-order valence-corrected chi connectivity index (χ1v) is 21.8. The first-order chi connectivity index (χ1) is 29.6. The van der Waals surface area contributed by atoms with E-state index in [-0.39, 0.29) is 29.7 Å². The van der Waals surface area contributed by atoms with Crippen molar-refractivity contribution in [2.75, 3.05) is 56.7 Å². The number of halogens is 2. The van der Waals surface area contributed by atoms with Crippen LogP contribution in [0.4, 0.5) is 10.1 Å². The van der Waals surface area contributed by atoms with Gasteiger partial charge in [-0.2, -0.15) is 0 Å². The van der Waals surface area contributed by atoms with Gasteiger partial charge in [-0.25, -0.2) is 4.39 Å². The number of allylic oxidation sites excluding steroid dienone is 1. The minimum atomic E-state index is -1.09. The molecule has 0 radical (unpaired) electrons. The first kappa shape index (κ1) is 40.8. The lowest BCUT2D eigenvalue weighted by molar-refractivity contribution is -0.136. The van der Waals surface area contributed by atoms with E-state index in [4.69, 9.17) is 16.3 Å². The number of carbonyl (C=O) groups excluding carboxylic acids is 4. The second-order valence-electron chi connectivity index (χ2n) is 16.8. The van der Waals surface area contributed by atoms with E-state index in [1.807, 2.05) is 47.4 Å². The highest BCUT2D eigenvalue weighted by Gasteiger charge is 2.48. The number of anilines is 1. The molecule has 0 aliphatic carbocycles. The Labute approximate surface area is 359 Å². The minimum absolute atomic E-state index is 0.0266. The number of amides is 4. The number of phenols is 1. The van der Waals surface area contributed by atoms with Crippen LogP contribution >= 0.6 is 11.6 Å². The molecular weight excluding hydrogens is 797 g/mol. The maximum absolute atomic E-state index is 15.6. The maximum Gasteiger partial charge on any atom is 0.262 e. The average molecular weight is 846 g/mol. The van der Waals surface area contributed by atoms with E-state index in [9.17, 15) is 24.3 Å². The molecular formula is C48H49ClFN5O6. The van der Waals surface area contributed by atoms with Gasteiger partial charge in [0.2, 0.25) is 11.8 Å². The van der Waals surface area contributed by atoms with Crippen molar-refractivity contribution in [2.24, 2.45) is 5.92 Å². The molecule has 61 heavy (non-hydrogen) atoms. The zero-order chi connectivity index (χ0) is 42.2. The number of nitrogens with zero attached hydrogens (tertiary/aromatic N) is 4. The summed E-state index contributed by atoms with van der Waals surface area (Å²) in [5.41, 5.74) is 5.74. The van der Waals surface area contributed by atoms with Gasteiger partial charge in [-0.05, 0) is 115 Å². The number of nitrogens with one attached hydrogen (secondary N) is 1. The van der Waals surface area contributed by atoms with Gasteiger partial charge < -0.3 is 14.7 Å². The Kier molecular flexibility index (Phi) is 11.7. The summed E-state index contributed by atoms with van der Waals surface area (Å²) >= 11 is 6.33. The zero-order valence-electron chi connectivity index (χ0n) is 33.9. The number of piperazine rings is 1. The smallest absolute Gasteiger partial charge is 0.262 e. The molecule has 316 valence electrons. The van der Waals surface area contributed by atoms with Crippen molar-refractivity contribution in [3.05, 3.63) is 125 Å². The lowest BCUT2D eigenvalue weighted by Crippen LogP contribution is -2.69. The summed E-state index contributed by atoms with van der Waals surface area (Å²) in [6, 6.07) is 27.9. The van der Waals surface area contributed by atoms with Crippen molar-refractivity contribution in [2.45, 2.75) is 56.7 Å². The summed E-state index contributed by atoms with van der Waals surface area (Å²) in [5, 5.41) is 12.2. The van der Waals surface area contributed by atoms with Gasteiger partial charge in [-0.15, -0.1) is 11.6 Å². The number of fused-ring (bicyclic) bond motifs is 3. The number of carbonyl (C=O) groups is 4. The predicted molar refractivity (Wildman–Crippen MR) is 231 cm³/mol. The van der Waals surface area contributed by atoms with Crippen LogP contribution in [0, 0.1) is 11.7 Å². The van der Waals surface area contributed by atoms with Crippen molar-refractivity contribution < 1.29 is 33.4 Å². The van der Waals surface area contributed by atoms with Gasteiger partial charge in [0.1, 0.15) is 30.0 Å². The van der Waals surface area contributed by atoms with Crippen LogP contribution in [0.3, 0.4) is 0 Å². The van der Waals surface area contributed by atoms with Crippen molar-refractivity contribution in [3.8, 4) is 11.5 Å². The van der Waals surface area contributed by atoms with Crippen LogP contribution < -0.4 is 15.0 Å². The Balaban J connectivity index is 0.757. The van der Waals surface area contributed by atoms with E-state index in [0.29, 0.717) is 55.7 Å². The van der Waals surface area contributed by atoms with E-state index in [1.165, 1.54) is 6.07 Å². The number of imide groups is 2. The summed E-state index contributed by atoms with van der Waals surface area (Å²) in [6.07, 6.45) is 4.03. The molecule has 0 spiro atoms. The maximum atomic E-state index is 15.6. The van der Waals surface area contributed by atoms with E-state index in [1.54, 1.807) is 12.1 Å². The zero-order valence-corrected chi connectivity index (χ0v) is 34.7. The minimum Gasteiger partial charge on any atom is -0.508 e. The van der Waals surface area contributed by atoms with Crippen molar-refractivity contribution in [3.63, 3.8) is 0 Å². The van der Waals surface area contributed by atoms with Gasteiger partial charge >= 0.3 is 0 Å². The van der Waals surface area contributed by atoms with E-state index < -0.39 is 35.5 Å². The van der Waals surface area contributed by atoms with E-state index in [2.05, 4.69) is 39.4 Å². The third-order valence-electron chi connectivity index (χ3n) is 13.1. The number of rotatable bonds is 13. The summed E-state index contributed by atoms with van der Waals surface area (Å²) in [4.78, 5) is 58.6. The largest absolute Gasteiger partial charge is 0.508 e. The summed E-state index contributed by atoms with van der Waals surface area (Å²) in [5.74, 6) is -0.921. The van der Waals surface area contributed by atoms with Crippen LogP contribution in [-0.4, -0.2) is 113 Å². The fourth-order valence-corrected chi connectivity index (χ4v) is 10.1. The molecule has 6 heterocycles. The number of likely N-dealkylation sites (tertiary alicyclic amines) is 1. The topological polar surface area (TPSA) is 123 Å². The SMILES string of the molecule is O=C1CCC(N2C(=O)c3cc(F)c(N4CC5CC(C4)N5CC4CCN(CCOc5ccc(C(=C(CCCl)c6ccccc6)c6ccc(O)cc6)cc5)CC4)cc3C2=O)C(=O)N1. The number of benzene rings is 4. The lowest BCUT2D eigenvalue weighted by Gasteiger charge is -2.58. The Morgan fingerprint density at radius 2 is 1.48 bits per heavy atom. The molecule has 4 aromatic carbocycles. The summed E-state index contributed by atoms with van der Waals surface area (Å²) in [6.45, 7) is 5.74. The van der Waals surface area contributed by atoms with Crippen LogP contribution in [-0.2, 0) is 9.59 Å². The molecule has 4 amide bonds. The van der Waals surface area contributed by atoms with Crippen molar-refractivity contribution in [1.29, 1.82) is 0 Å². The molecule has 4 aromatic rings. The van der Waals surface area contributed by atoms with Crippen LogP contribution in [0.1, 0.15) is 75.9 Å². The summed E-state index contributed by atoms with van der Waals surface area (Å²) < 4.78 is 21.8. The molecule has 6 aliphatic rings. The third kappa shape index (κ3) is 8.28. The standard InChI is InChI=1S/C48H49ClFN5O6/c49-19-16-38(31-4-2-1-3-5-31)45(32-6-10-36(56)11-7-32)33-8-12-37(13-9-33)61-23-22-52-20-17-30(18-21-52)27-54-34-24-35(54)29-53(28-34)43-26-40-39(25-41(43)50)47(59)55(48(40)60)42-14-15-44(57)51-46(42)58/h1-13,25-26,30,34-35,42,56H,14-24,27-29H2,(H,51,57,58). The lowest BCUT2D eigenvalue weighted by atomic mass is 9.84. The molecule has 5 fully saturated rings. The molecule has 5 saturated heterocycles. The Hall–Kier alpha value is -5.56. The molecule has 0 saturated carbocycles. The first-order valence-electron chi connectivity index (χ1n) is 21.3. The molecule has 11 nitrogen and oxygen atoms in total. The third-order valence-corrected chi connectivity index (χ3v) is 13.3. The van der Waals surface area contributed by atoms with Crippen LogP contribution in [0.2, 0.25) is 0 Å². The number of piperidine rings is 3. The number of aromatic hydroxyl groups is 1. The van der Waals surface area contributed by atoms with Gasteiger partial charge in [0.15, 0.2) is 0 Å². The van der Waals surface area contributed by atoms with Crippen molar-refractivity contribution in [1.82, 2.24) is 20.0 Å². The van der Waals surface area contributed by atoms with Crippen LogP contribution in [0.5, 0.6) is 11.5 Å². The normalized spacial score (nSPS) is 22.5. The molecule has 6 aliphatic heterocycles. The second kappa shape index (κ2) is 17.4. The summed E-state index contributed by atoms with van der Waals surface area (Å²) in [7, 11) is 0. The van der Waals surface area contributed by atoms with E-state index >= 15 is 4.39 Å². The van der Waals surface area contributed by atoms with Gasteiger partial charge in [-0.3, -0.25) is 39.2 Å². The fourth-order valence-electron chi connectivity index (χ4n) is 9.90. The molecule has 13 heteroatoms. The van der Waals surface area contributed by atoms with Crippen molar-refractivity contribution >= 4 is 52.1 Å². The predicted octanol–water partition coefficient (Wildman–Crippen LogP) is 6.57. The molecule has 3 atom stereocenters. The number of hydrogen-bond donors (Lipinski definition) is 2. The molecule has 0 aromatic heterocycles. The highest BCUT2D eigenvalue weighted by molar-refractivity contribution is 6.24. The monoisotopic (exact) mass is 845 g/mol. The quantitative estimate of drug-likeness (QED) is 0.0874. The highest BCUT2D eigenvalue weighted by atomic mass is 35.5. The number of phenolic OH excluding ortho intramolecular Hbond substituents is 1. The van der Waals surface area contributed by atoms with Gasteiger partial charge in [-0.1, -0.05) is 54.6 Å². The number of ether oxygens (including phenoxy) is 1. The molecule has 2 N–H and O–H groups in total. The average Bonchev–Trinajstić information content (AvgIpc) is 3.51. The van der Waals surface area contributed by atoms with Gasteiger partial charge in [0, 0.05) is 50.6 Å². The molecule has 10 rings (SSSR count). The van der Waals surface area contributed by atoms with Crippen LogP contribution in [0.25, 0.3) is 11.1 Å². The molecule has 2 bridgehead atoms.